The number of rotatable bonds is 4. The minimum absolute atomic E-state index is 0.0913. The number of hydrogen-bond acceptors (Lipinski definition) is 7. The highest BCUT2D eigenvalue weighted by Gasteiger charge is 2.28. The second kappa shape index (κ2) is 7.48. The number of benzene rings is 2. The molecular weight excluding hydrogens is 370 g/mol. The molecule has 3 heterocycles. The molecule has 0 saturated carbocycles. The molecule has 0 spiro atoms. The van der Waals surface area contributed by atoms with Crippen LogP contribution >= 0.6 is 0 Å². The molecule has 1 saturated heterocycles. The van der Waals surface area contributed by atoms with E-state index in [1.165, 1.54) is 0 Å². The summed E-state index contributed by atoms with van der Waals surface area (Å²) in [4.78, 5) is 17.5. The highest BCUT2D eigenvalue weighted by molar-refractivity contribution is 6.19. The van der Waals surface area contributed by atoms with Gasteiger partial charge < -0.3 is 19.8 Å². The van der Waals surface area contributed by atoms with Gasteiger partial charge in [-0.3, -0.25) is 4.79 Å². The fourth-order valence-corrected chi connectivity index (χ4v) is 3.48. The van der Waals surface area contributed by atoms with Crippen molar-refractivity contribution < 1.29 is 13.9 Å². The summed E-state index contributed by atoms with van der Waals surface area (Å²) in [5.74, 6) is 0.301. The number of hydrogen-bond donors (Lipinski definition) is 2. The Bertz CT molecular complexity index is 1060. The van der Waals surface area contributed by atoms with Crippen molar-refractivity contribution in [3.05, 3.63) is 71.6 Å². The van der Waals surface area contributed by atoms with Crippen LogP contribution in [0.5, 0.6) is 0 Å². The smallest absolute Gasteiger partial charge is 0.317 e. The van der Waals surface area contributed by atoms with Crippen molar-refractivity contribution in [3.8, 4) is 0 Å². The van der Waals surface area contributed by atoms with Gasteiger partial charge in [0.25, 0.3) is 5.91 Å². The van der Waals surface area contributed by atoms with Crippen LogP contribution in [0.2, 0.25) is 0 Å². The topological polar surface area (TPSA) is 102 Å². The van der Waals surface area contributed by atoms with E-state index in [1.54, 1.807) is 0 Å². The second-order valence-corrected chi connectivity index (χ2v) is 6.93. The Morgan fingerprint density at radius 2 is 1.86 bits per heavy atom. The number of amides is 1. The van der Waals surface area contributed by atoms with Crippen molar-refractivity contribution >= 4 is 23.3 Å². The molecule has 2 unspecified atom stereocenters. The number of fused-ring (bicyclic) bond motifs is 1. The Labute approximate surface area is 167 Å². The fourth-order valence-electron chi connectivity index (χ4n) is 3.48. The van der Waals surface area contributed by atoms with E-state index in [0.29, 0.717) is 30.5 Å². The van der Waals surface area contributed by atoms with E-state index < -0.39 is 6.17 Å². The lowest BCUT2D eigenvalue weighted by Gasteiger charge is -2.11. The molecule has 5 rings (SSSR count). The molecule has 2 aromatic carbocycles. The number of anilines is 2. The molecule has 8 heteroatoms. The van der Waals surface area contributed by atoms with E-state index in [4.69, 9.17) is 14.1 Å². The first-order valence-electron chi connectivity index (χ1n) is 9.49. The third-order valence-corrected chi connectivity index (χ3v) is 4.97. The number of nitrogens with zero attached hydrogens (tertiary/aromatic N) is 3. The quantitative estimate of drug-likeness (QED) is 0.711. The van der Waals surface area contributed by atoms with E-state index in [1.807, 2.05) is 54.6 Å². The number of nitrogens with one attached hydrogen (secondary N) is 2. The standard InChI is InChI=1S/C21H19N5O3/c27-19-18(24-21-26-25-20(29-21)14-10-11-28-12-14)23-17(13-6-2-1-3-7-13)15-8-4-5-9-16(15)22-19/h1-9,14,18H,10-12H2,(H,22,27)(H,24,26). The van der Waals surface area contributed by atoms with Gasteiger partial charge in [0.05, 0.1) is 23.9 Å². The van der Waals surface area contributed by atoms with E-state index in [0.717, 1.165) is 17.5 Å². The van der Waals surface area contributed by atoms with Crippen LogP contribution in [0, 0.1) is 0 Å². The summed E-state index contributed by atoms with van der Waals surface area (Å²) in [7, 11) is 0. The summed E-state index contributed by atoms with van der Waals surface area (Å²) in [5.41, 5.74) is 3.18. The molecule has 2 atom stereocenters. The molecule has 2 N–H and O–H groups in total. The molecule has 1 aromatic heterocycles. The minimum atomic E-state index is -0.911. The first-order valence-corrected chi connectivity index (χ1v) is 9.49. The first kappa shape index (κ1) is 17.6. The fraction of sp³-hybridized carbons (Fsp3) is 0.238. The molecular formula is C21H19N5O3. The van der Waals surface area contributed by atoms with Crippen LogP contribution in [0.15, 0.2) is 64.0 Å². The Morgan fingerprint density at radius 1 is 1.03 bits per heavy atom. The summed E-state index contributed by atoms with van der Waals surface area (Å²) in [6, 6.07) is 17.5. The van der Waals surface area contributed by atoms with Crippen molar-refractivity contribution in [2.75, 3.05) is 23.8 Å². The summed E-state index contributed by atoms with van der Waals surface area (Å²) < 4.78 is 11.1. The van der Waals surface area contributed by atoms with Crippen molar-refractivity contribution in [3.63, 3.8) is 0 Å². The highest BCUT2D eigenvalue weighted by Crippen LogP contribution is 2.27. The van der Waals surface area contributed by atoms with Crippen LogP contribution < -0.4 is 10.6 Å². The van der Waals surface area contributed by atoms with Crippen LogP contribution in [0.4, 0.5) is 11.7 Å². The molecule has 2 aliphatic rings. The summed E-state index contributed by atoms with van der Waals surface area (Å²) in [6.45, 7) is 1.25. The van der Waals surface area contributed by atoms with Gasteiger partial charge in [-0.25, -0.2) is 4.99 Å². The number of para-hydroxylation sites is 1. The lowest BCUT2D eigenvalue weighted by atomic mass is 10.0. The minimum Gasteiger partial charge on any atom is -0.408 e. The maximum Gasteiger partial charge on any atom is 0.317 e. The maximum atomic E-state index is 12.8. The lowest BCUT2D eigenvalue weighted by molar-refractivity contribution is -0.116. The van der Waals surface area contributed by atoms with Gasteiger partial charge in [0.2, 0.25) is 12.1 Å². The van der Waals surface area contributed by atoms with Crippen molar-refractivity contribution in [2.45, 2.75) is 18.5 Å². The van der Waals surface area contributed by atoms with Crippen LogP contribution in [0.25, 0.3) is 0 Å². The van der Waals surface area contributed by atoms with Gasteiger partial charge in [-0.2, -0.15) is 0 Å². The zero-order valence-electron chi connectivity index (χ0n) is 15.5. The third kappa shape index (κ3) is 3.50. The predicted molar refractivity (Wildman–Crippen MR) is 107 cm³/mol. The number of benzodiazepines with no additional fused rings is 1. The van der Waals surface area contributed by atoms with Gasteiger partial charge in [-0.15, -0.1) is 5.10 Å². The molecule has 0 radical (unpaired) electrons. The normalized spacial score (nSPS) is 21.1. The SMILES string of the molecule is O=C1Nc2ccccc2C(c2ccccc2)=NC1Nc1nnc(C2CCOC2)o1. The van der Waals surface area contributed by atoms with Gasteiger partial charge in [0, 0.05) is 17.7 Å². The monoisotopic (exact) mass is 389 g/mol. The third-order valence-electron chi connectivity index (χ3n) is 4.97. The largest absolute Gasteiger partial charge is 0.408 e. The zero-order valence-corrected chi connectivity index (χ0v) is 15.5. The molecule has 1 amide bonds. The summed E-state index contributed by atoms with van der Waals surface area (Å²) in [6.07, 6.45) is -0.0669. The van der Waals surface area contributed by atoms with Crippen LogP contribution in [-0.2, 0) is 9.53 Å². The number of ether oxygens (including phenoxy) is 1. The lowest BCUT2D eigenvalue weighted by Crippen LogP contribution is -2.32. The highest BCUT2D eigenvalue weighted by atomic mass is 16.5. The molecule has 1 fully saturated rings. The first-order chi connectivity index (χ1) is 14.3. The van der Waals surface area contributed by atoms with Crippen molar-refractivity contribution in [1.82, 2.24) is 10.2 Å². The van der Waals surface area contributed by atoms with Crippen LogP contribution in [0.1, 0.15) is 29.4 Å². The van der Waals surface area contributed by atoms with E-state index in [-0.39, 0.29) is 17.8 Å². The van der Waals surface area contributed by atoms with Crippen molar-refractivity contribution in [1.29, 1.82) is 0 Å². The van der Waals surface area contributed by atoms with Crippen LogP contribution in [0.3, 0.4) is 0 Å². The number of aromatic nitrogens is 2. The summed E-state index contributed by atoms with van der Waals surface area (Å²) in [5, 5.41) is 14.0. The maximum absolute atomic E-state index is 12.8. The molecule has 3 aromatic rings. The molecule has 8 nitrogen and oxygen atoms in total. The molecule has 0 aliphatic carbocycles. The Hall–Kier alpha value is -3.52. The molecule has 0 bridgehead atoms. The second-order valence-electron chi connectivity index (χ2n) is 6.93. The Kier molecular flexibility index (Phi) is 4.53. The average molecular weight is 389 g/mol. The van der Waals surface area contributed by atoms with E-state index in [9.17, 15) is 4.79 Å². The Balaban J connectivity index is 1.49. The van der Waals surface area contributed by atoms with E-state index in [2.05, 4.69) is 20.8 Å². The predicted octanol–water partition coefficient (Wildman–Crippen LogP) is 2.80. The zero-order chi connectivity index (χ0) is 19.6. The van der Waals surface area contributed by atoms with E-state index >= 15 is 0 Å². The van der Waals surface area contributed by atoms with Gasteiger partial charge >= 0.3 is 6.01 Å². The van der Waals surface area contributed by atoms with Gasteiger partial charge in [0.1, 0.15) is 0 Å². The number of carbonyl (C=O) groups is 1. The average Bonchev–Trinajstić information content (AvgIpc) is 3.42. The van der Waals surface area contributed by atoms with Crippen molar-refractivity contribution in [2.24, 2.45) is 4.99 Å². The van der Waals surface area contributed by atoms with Gasteiger partial charge in [-0.05, 0) is 12.5 Å². The summed E-state index contributed by atoms with van der Waals surface area (Å²) >= 11 is 0. The van der Waals surface area contributed by atoms with Gasteiger partial charge in [0.15, 0.2) is 0 Å². The number of carbonyl (C=O) groups excluding carboxylic acids is 1. The Morgan fingerprint density at radius 3 is 2.69 bits per heavy atom. The molecule has 2 aliphatic heterocycles. The molecule has 146 valence electrons. The number of aliphatic imine (C=N–C) groups is 1. The van der Waals surface area contributed by atoms with Crippen LogP contribution in [-0.4, -0.2) is 41.2 Å². The molecule has 29 heavy (non-hydrogen) atoms. The van der Waals surface area contributed by atoms with Gasteiger partial charge in [-0.1, -0.05) is 53.6 Å².